The van der Waals surface area contributed by atoms with Crippen LogP contribution in [0.15, 0.2) is 30.3 Å². The number of benzene rings is 1. The van der Waals surface area contributed by atoms with Crippen molar-refractivity contribution in [3.63, 3.8) is 0 Å². The smallest absolute Gasteiger partial charge is 1.00 e. The molecule has 2 nitrogen and oxygen atoms in total. The van der Waals surface area contributed by atoms with Gasteiger partial charge >= 0.3 is 51.4 Å². The molecule has 1 aromatic carbocycles. The average Bonchev–Trinajstić information content (AvgIpc) is 1.91. The van der Waals surface area contributed by atoms with E-state index in [0.717, 1.165) is 5.69 Å². The second kappa shape index (κ2) is 6.06. The van der Waals surface area contributed by atoms with Crippen LogP contribution in [-0.2, 0) is 4.79 Å². The van der Waals surface area contributed by atoms with Crippen LogP contribution >= 0.6 is 0 Å². The minimum atomic E-state index is 0. The average molecular weight is 161 g/mol. The zero-order valence-corrected chi connectivity index (χ0v) is 9.00. The van der Waals surface area contributed by atoms with Crippen molar-refractivity contribution in [2.24, 2.45) is 0 Å². The summed E-state index contributed by atoms with van der Waals surface area (Å²) in [4.78, 5) is 9.86. The fourth-order valence-electron chi connectivity index (χ4n) is 0.602. The normalized spacial score (nSPS) is 7.60. The minimum Gasteiger partial charge on any atom is -1.00 e. The van der Waals surface area contributed by atoms with E-state index in [2.05, 4.69) is 5.32 Å². The Balaban J connectivity index is 0. The van der Waals surface area contributed by atoms with Crippen LogP contribution in [0.4, 0.5) is 5.69 Å². The Morgan fingerprint density at radius 1 is 1.30 bits per heavy atom. The van der Waals surface area contributed by atoms with Gasteiger partial charge in [-0.2, -0.15) is 0 Å². The van der Waals surface area contributed by atoms with Gasteiger partial charge in [0.15, 0.2) is 0 Å². The van der Waals surface area contributed by atoms with Gasteiger partial charge < -0.3 is 6.74 Å². The van der Waals surface area contributed by atoms with E-state index in [1.54, 1.807) is 0 Å². The van der Waals surface area contributed by atoms with Crippen LogP contribution in [0.25, 0.3) is 0 Å². The first kappa shape index (κ1) is 10.3. The van der Waals surface area contributed by atoms with Crippen LogP contribution in [0.5, 0.6) is 0 Å². The van der Waals surface area contributed by atoms with Gasteiger partial charge in [0, 0.05) is 5.69 Å². The molecule has 1 N–H and O–H groups in total. The van der Waals surface area contributed by atoms with Gasteiger partial charge in [-0.05, 0) is 12.1 Å². The molecule has 0 unspecified atom stereocenters. The predicted molar refractivity (Wildman–Crippen MR) is 37.2 cm³/mol. The molecule has 0 saturated heterocycles. The van der Waals surface area contributed by atoms with Crippen LogP contribution in [0, 0.1) is 0 Å². The number of carbonyl (C=O) groups is 1. The molecule has 0 fully saturated rings. The summed E-state index contributed by atoms with van der Waals surface area (Å²) in [5.41, 5.74) is 0.826. The van der Waals surface area contributed by atoms with Gasteiger partial charge in [-0.3, -0.25) is 4.79 Å². The zero-order valence-electron chi connectivity index (χ0n) is 6.87. The first-order valence-electron chi connectivity index (χ1n) is 2.69. The molecule has 0 bridgehead atoms. The van der Waals surface area contributed by atoms with E-state index < -0.39 is 0 Å². The van der Waals surface area contributed by atoms with Crippen LogP contribution in [0.1, 0.15) is 1.43 Å². The fourth-order valence-corrected chi connectivity index (χ4v) is 0.602. The summed E-state index contributed by atoms with van der Waals surface area (Å²) >= 11 is 0. The Morgan fingerprint density at radius 3 is 2.40 bits per heavy atom. The molecule has 3 heteroatoms. The van der Waals surface area contributed by atoms with E-state index in [1.165, 1.54) is 0 Å². The molecule has 1 aromatic rings. The fraction of sp³-hybridized carbons (Fsp3) is 0. The van der Waals surface area contributed by atoms with Crippen molar-refractivity contribution in [1.82, 2.24) is 0 Å². The second-order valence-corrected chi connectivity index (χ2v) is 1.63. The number of anilines is 1. The second-order valence-electron chi connectivity index (χ2n) is 1.63. The van der Waals surface area contributed by atoms with E-state index in [-0.39, 0.29) is 52.8 Å². The van der Waals surface area contributed by atoms with Crippen molar-refractivity contribution in [3.8, 4) is 0 Å². The number of hydrogen-bond acceptors (Lipinski definition) is 1. The van der Waals surface area contributed by atoms with Crippen molar-refractivity contribution in [3.05, 3.63) is 30.3 Å². The molecule has 0 saturated carbocycles. The number of hydrogen-bond donors (Lipinski definition) is 1. The standard InChI is InChI=1S/C7H7NO.K.H/c9-6-8-7-4-2-1-3-5-7;;/h1-6H,(H,8,9);;/q;+1;-1. The maximum atomic E-state index is 9.86. The molecule has 0 aliphatic rings. The van der Waals surface area contributed by atoms with E-state index in [1.807, 2.05) is 30.3 Å². The van der Waals surface area contributed by atoms with Gasteiger partial charge in [-0.15, -0.1) is 0 Å². The van der Waals surface area contributed by atoms with Crippen molar-refractivity contribution >= 4 is 12.1 Å². The topological polar surface area (TPSA) is 29.1 Å². The van der Waals surface area contributed by atoms with Crippen molar-refractivity contribution in [2.45, 2.75) is 0 Å². The van der Waals surface area contributed by atoms with E-state index in [4.69, 9.17) is 0 Å². The molecular formula is C7H8KNO. The molecule has 10 heavy (non-hydrogen) atoms. The van der Waals surface area contributed by atoms with Crippen molar-refractivity contribution in [1.29, 1.82) is 0 Å². The molecule has 1 rings (SSSR count). The molecule has 0 atom stereocenters. The maximum absolute atomic E-state index is 9.86. The summed E-state index contributed by atoms with van der Waals surface area (Å²) in [5.74, 6) is 0. The maximum Gasteiger partial charge on any atom is 1.00 e. The van der Waals surface area contributed by atoms with Crippen LogP contribution in [0.2, 0.25) is 0 Å². The zero-order chi connectivity index (χ0) is 6.53. The summed E-state index contributed by atoms with van der Waals surface area (Å²) in [6.07, 6.45) is 0.662. The number of nitrogens with one attached hydrogen (secondary N) is 1. The summed E-state index contributed by atoms with van der Waals surface area (Å²) in [6.45, 7) is 0. The third-order valence-corrected chi connectivity index (χ3v) is 0.999. The molecule has 1 amide bonds. The summed E-state index contributed by atoms with van der Waals surface area (Å²) in [5, 5.41) is 2.53. The predicted octanol–water partition coefficient (Wildman–Crippen LogP) is -1.63. The van der Waals surface area contributed by atoms with Crippen LogP contribution in [0.3, 0.4) is 0 Å². The molecule has 0 spiro atoms. The molecule has 0 aliphatic heterocycles. The molecule has 0 radical (unpaired) electrons. The summed E-state index contributed by atoms with van der Waals surface area (Å²) < 4.78 is 0. The van der Waals surface area contributed by atoms with Crippen LogP contribution < -0.4 is 56.7 Å². The Bertz CT molecular complexity index is 193. The van der Waals surface area contributed by atoms with Gasteiger partial charge in [-0.1, -0.05) is 18.2 Å². The Labute approximate surface area is 104 Å². The summed E-state index contributed by atoms with van der Waals surface area (Å²) in [6, 6.07) is 9.29. The van der Waals surface area contributed by atoms with E-state index >= 15 is 0 Å². The minimum absolute atomic E-state index is 0. The third-order valence-electron chi connectivity index (χ3n) is 0.999. The molecule has 0 aromatic heterocycles. The molecular weight excluding hydrogens is 153 g/mol. The summed E-state index contributed by atoms with van der Waals surface area (Å²) in [7, 11) is 0. The number of rotatable bonds is 2. The molecule has 48 valence electrons. The largest absolute Gasteiger partial charge is 1.00 e. The van der Waals surface area contributed by atoms with Crippen molar-refractivity contribution in [2.75, 3.05) is 5.32 Å². The van der Waals surface area contributed by atoms with Crippen molar-refractivity contribution < 1.29 is 57.6 Å². The van der Waals surface area contributed by atoms with E-state index in [9.17, 15) is 4.79 Å². The molecule has 0 heterocycles. The van der Waals surface area contributed by atoms with Crippen LogP contribution in [-0.4, -0.2) is 6.41 Å². The molecule has 0 aliphatic carbocycles. The van der Waals surface area contributed by atoms with E-state index in [0.29, 0.717) is 6.41 Å². The Morgan fingerprint density at radius 2 is 1.90 bits per heavy atom. The first-order valence-corrected chi connectivity index (χ1v) is 2.69. The SMILES string of the molecule is O=CNc1ccccc1.[H-].[K+]. The van der Waals surface area contributed by atoms with Gasteiger partial charge in [-0.25, -0.2) is 0 Å². The quantitative estimate of drug-likeness (QED) is 0.409. The Kier molecular flexibility index (Phi) is 6.26. The first-order chi connectivity index (χ1) is 4.43. The van der Waals surface area contributed by atoms with Gasteiger partial charge in [0.05, 0.1) is 0 Å². The number of amides is 1. The number of carbonyl (C=O) groups excluding carboxylic acids is 1. The van der Waals surface area contributed by atoms with Gasteiger partial charge in [0.2, 0.25) is 6.41 Å². The van der Waals surface area contributed by atoms with Gasteiger partial charge in [0.25, 0.3) is 0 Å². The van der Waals surface area contributed by atoms with Gasteiger partial charge in [0.1, 0.15) is 0 Å². The monoisotopic (exact) mass is 161 g/mol. The third kappa shape index (κ3) is 3.48. The Hall–Kier alpha value is 0.326. The number of para-hydroxylation sites is 1.